The molecule has 3 rings (SSSR count). The Morgan fingerprint density at radius 1 is 1.25 bits per heavy atom. The highest BCUT2D eigenvalue weighted by molar-refractivity contribution is 6.00. The van der Waals surface area contributed by atoms with E-state index < -0.39 is 18.1 Å². The summed E-state index contributed by atoms with van der Waals surface area (Å²) in [6.45, 7) is 4.72. The number of hydrogen-bond donors (Lipinski definition) is 1. The molecule has 1 aliphatic rings. The van der Waals surface area contributed by atoms with Gasteiger partial charge in [-0.25, -0.2) is 0 Å². The Morgan fingerprint density at radius 3 is 2.50 bits per heavy atom. The zero-order valence-electron chi connectivity index (χ0n) is 15.3. The smallest absolute Gasteiger partial charge is 0.406 e. The molecule has 1 aromatic heterocycles. The molecule has 0 unspecified atom stereocenters. The van der Waals surface area contributed by atoms with Crippen LogP contribution in [0.1, 0.15) is 29.4 Å². The predicted octanol–water partition coefficient (Wildman–Crippen LogP) is 3.43. The fourth-order valence-electron chi connectivity index (χ4n) is 2.83. The van der Waals surface area contributed by atoms with Crippen molar-refractivity contribution in [3.63, 3.8) is 0 Å². The van der Waals surface area contributed by atoms with E-state index in [1.54, 1.807) is 13.8 Å². The lowest BCUT2D eigenvalue weighted by molar-refractivity contribution is -0.274. The number of carbonyl (C=O) groups is 1. The highest BCUT2D eigenvalue weighted by Crippen LogP contribution is 2.30. The Labute approximate surface area is 158 Å². The van der Waals surface area contributed by atoms with Gasteiger partial charge in [0, 0.05) is 18.5 Å². The molecule has 28 heavy (non-hydrogen) atoms. The van der Waals surface area contributed by atoms with E-state index in [9.17, 15) is 18.0 Å². The minimum absolute atomic E-state index is 0.160. The van der Waals surface area contributed by atoms with E-state index >= 15 is 0 Å². The van der Waals surface area contributed by atoms with Gasteiger partial charge in [0.1, 0.15) is 11.3 Å². The van der Waals surface area contributed by atoms with Gasteiger partial charge >= 0.3 is 6.36 Å². The Morgan fingerprint density at radius 2 is 1.89 bits per heavy atom. The maximum atomic E-state index is 12.6. The van der Waals surface area contributed by atoms with Crippen LogP contribution in [0, 0.1) is 6.92 Å². The van der Waals surface area contributed by atoms with Crippen molar-refractivity contribution in [3.05, 3.63) is 35.5 Å². The number of ether oxygens (including phenoxy) is 3. The third-order valence-electron chi connectivity index (χ3n) is 4.20. The summed E-state index contributed by atoms with van der Waals surface area (Å²) in [5.41, 5.74) is 0.972. The van der Waals surface area contributed by atoms with Crippen LogP contribution < -0.4 is 10.1 Å². The van der Waals surface area contributed by atoms with Crippen molar-refractivity contribution in [2.24, 2.45) is 0 Å². The fraction of sp³-hybridized carbons (Fsp3) is 0.444. The van der Waals surface area contributed by atoms with Crippen LogP contribution in [0.5, 0.6) is 5.75 Å². The lowest BCUT2D eigenvalue weighted by Gasteiger charge is -2.22. The van der Waals surface area contributed by atoms with E-state index in [2.05, 4.69) is 15.2 Å². The number of alkyl halides is 3. The average molecular weight is 400 g/mol. The number of aromatic nitrogens is 1. The second-order valence-electron chi connectivity index (χ2n) is 6.38. The fourth-order valence-corrected chi connectivity index (χ4v) is 2.83. The quantitative estimate of drug-likeness (QED) is 0.800. The third kappa shape index (κ3) is 4.82. The van der Waals surface area contributed by atoms with Gasteiger partial charge in [0.2, 0.25) is 0 Å². The number of nitrogens with zero attached hydrogens (tertiary/aromatic N) is 1. The van der Waals surface area contributed by atoms with Crippen LogP contribution in [0.15, 0.2) is 28.8 Å². The van der Waals surface area contributed by atoms with Crippen LogP contribution in [0.4, 0.5) is 13.2 Å². The first kappa shape index (κ1) is 20.2. The summed E-state index contributed by atoms with van der Waals surface area (Å²) in [5, 5.41) is 6.56. The molecule has 1 amide bonds. The molecule has 1 aromatic carbocycles. The molecule has 1 fully saturated rings. The zero-order valence-corrected chi connectivity index (χ0v) is 15.3. The van der Waals surface area contributed by atoms with Gasteiger partial charge in [-0.3, -0.25) is 4.79 Å². The molecular formula is C18H19F3N2O5. The molecule has 0 saturated carbocycles. The summed E-state index contributed by atoms with van der Waals surface area (Å²) < 4.78 is 56.8. The first-order chi connectivity index (χ1) is 13.2. The molecule has 0 aliphatic carbocycles. The van der Waals surface area contributed by atoms with Crippen molar-refractivity contribution < 1.29 is 36.7 Å². The standard InChI is InChI=1S/C18H19F3N2O5/c1-11-14(16(24)22-8-7-17(2)25-9-10-26-17)15(28-23-11)12-3-5-13(6-4-12)27-18(19,20)21/h3-6H,7-10H2,1-2H3,(H,22,24). The molecule has 2 heterocycles. The van der Waals surface area contributed by atoms with Gasteiger partial charge in [-0.15, -0.1) is 13.2 Å². The number of carbonyl (C=O) groups excluding carboxylic acids is 1. The highest BCUT2D eigenvalue weighted by atomic mass is 19.4. The summed E-state index contributed by atoms with van der Waals surface area (Å²) in [6, 6.07) is 4.99. The molecule has 152 valence electrons. The van der Waals surface area contributed by atoms with Gasteiger partial charge in [0.25, 0.3) is 5.91 Å². The van der Waals surface area contributed by atoms with Gasteiger partial charge < -0.3 is 24.1 Å². The van der Waals surface area contributed by atoms with Crippen LogP contribution in [-0.4, -0.2) is 43.0 Å². The normalized spacial score (nSPS) is 16.2. The van der Waals surface area contributed by atoms with Crippen molar-refractivity contribution >= 4 is 5.91 Å². The largest absolute Gasteiger partial charge is 0.573 e. The summed E-state index contributed by atoms with van der Waals surface area (Å²) >= 11 is 0. The number of rotatable bonds is 6. The first-order valence-corrected chi connectivity index (χ1v) is 8.55. The van der Waals surface area contributed by atoms with Crippen molar-refractivity contribution in [1.29, 1.82) is 0 Å². The van der Waals surface area contributed by atoms with Crippen molar-refractivity contribution in [1.82, 2.24) is 10.5 Å². The molecule has 2 aromatic rings. The lowest BCUT2D eigenvalue weighted by atomic mass is 10.1. The summed E-state index contributed by atoms with van der Waals surface area (Å²) in [5.74, 6) is -1.35. The molecule has 7 nitrogen and oxygen atoms in total. The summed E-state index contributed by atoms with van der Waals surface area (Å²) in [7, 11) is 0. The topological polar surface area (TPSA) is 82.8 Å². The van der Waals surface area contributed by atoms with Crippen molar-refractivity contribution in [2.75, 3.05) is 19.8 Å². The molecule has 0 radical (unpaired) electrons. The second kappa shape index (κ2) is 7.80. The van der Waals surface area contributed by atoms with Gasteiger partial charge in [0.05, 0.1) is 18.9 Å². The lowest BCUT2D eigenvalue weighted by Crippen LogP contribution is -2.33. The highest BCUT2D eigenvalue weighted by Gasteiger charge is 2.32. The number of aryl methyl sites for hydroxylation is 1. The van der Waals surface area contributed by atoms with Gasteiger partial charge in [-0.1, -0.05) is 5.16 Å². The molecular weight excluding hydrogens is 381 g/mol. The van der Waals surface area contributed by atoms with Crippen LogP contribution in [0.25, 0.3) is 11.3 Å². The molecule has 1 saturated heterocycles. The van der Waals surface area contributed by atoms with Gasteiger partial charge in [-0.05, 0) is 38.1 Å². The van der Waals surface area contributed by atoms with E-state index in [-0.39, 0.29) is 17.1 Å². The Bertz CT molecular complexity index is 827. The van der Waals surface area contributed by atoms with E-state index in [1.165, 1.54) is 12.1 Å². The maximum absolute atomic E-state index is 12.6. The van der Waals surface area contributed by atoms with Crippen LogP contribution in [0.2, 0.25) is 0 Å². The number of halogens is 3. The molecule has 1 aliphatic heterocycles. The minimum atomic E-state index is -4.78. The summed E-state index contributed by atoms with van der Waals surface area (Å²) in [6.07, 6.45) is -4.32. The molecule has 0 bridgehead atoms. The maximum Gasteiger partial charge on any atom is 0.573 e. The molecule has 10 heteroatoms. The van der Waals surface area contributed by atoms with Crippen LogP contribution in [-0.2, 0) is 9.47 Å². The zero-order chi connectivity index (χ0) is 20.4. The number of nitrogens with one attached hydrogen (secondary N) is 1. The van der Waals surface area contributed by atoms with E-state index in [0.29, 0.717) is 37.4 Å². The van der Waals surface area contributed by atoms with Gasteiger partial charge in [-0.2, -0.15) is 0 Å². The van der Waals surface area contributed by atoms with E-state index in [0.717, 1.165) is 12.1 Å². The van der Waals surface area contributed by atoms with Crippen molar-refractivity contribution in [2.45, 2.75) is 32.4 Å². The molecule has 1 N–H and O–H groups in total. The average Bonchev–Trinajstić information content (AvgIpc) is 3.20. The first-order valence-electron chi connectivity index (χ1n) is 8.55. The third-order valence-corrected chi connectivity index (χ3v) is 4.20. The predicted molar refractivity (Wildman–Crippen MR) is 90.6 cm³/mol. The van der Waals surface area contributed by atoms with E-state index in [4.69, 9.17) is 14.0 Å². The van der Waals surface area contributed by atoms with Crippen LogP contribution in [0.3, 0.4) is 0 Å². The van der Waals surface area contributed by atoms with Crippen LogP contribution >= 0.6 is 0 Å². The number of hydrogen-bond acceptors (Lipinski definition) is 6. The minimum Gasteiger partial charge on any atom is -0.406 e. The number of amides is 1. The molecule has 0 spiro atoms. The Balaban J connectivity index is 1.69. The monoisotopic (exact) mass is 400 g/mol. The summed E-state index contributed by atoms with van der Waals surface area (Å²) in [4.78, 5) is 12.6. The van der Waals surface area contributed by atoms with E-state index in [1.807, 2.05) is 0 Å². The number of benzene rings is 1. The van der Waals surface area contributed by atoms with Crippen molar-refractivity contribution in [3.8, 4) is 17.1 Å². The van der Waals surface area contributed by atoms with Gasteiger partial charge in [0.15, 0.2) is 11.5 Å². The SMILES string of the molecule is Cc1noc(-c2ccc(OC(F)(F)F)cc2)c1C(=O)NCCC1(C)OCCO1. The Kier molecular flexibility index (Phi) is 5.61. The Hall–Kier alpha value is -2.59. The second-order valence-corrected chi connectivity index (χ2v) is 6.38. The molecule has 0 atom stereocenters.